The quantitative estimate of drug-likeness (QED) is 0.580. The molecule has 3 rings (SSSR count). The molecule has 0 unspecified atom stereocenters. The highest BCUT2D eigenvalue weighted by molar-refractivity contribution is 5.92. The summed E-state index contributed by atoms with van der Waals surface area (Å²) in [4.78, 5) is 13.6. The Labute approximate surface area is 166 Å². The number of guanidine groups is 1. The van der Waals surface area contributed by atoms with Gasteiger partial charge in [-0.05, 0) is 36.9 Å². The van der Waals surface area contributed by atoms with Crippen LogP contribution in [0.5, 0.6) is 11.5 Å². The van der Waals surface area contributed by atoms with Crippen LogP contribution >= 0.6 is 0 Å². The second-order valence-corrected chi connectivity index (χ2v) is 6.71. The van der Waals surface area contributed by atoms with Crippen LogP contribution in [0.15, 0.2) is 41.5 Å². The Hall–Kier alpha value is -3.00. The van der Waals surface area contributed by atoms with Gasteiger partial charge in [0.1, 0.15) is 5.82 Å². The molecule has 1 saturated heterocycles. The van der Waals surface area contributed by atoms with E-state index in [4.69, 9.17) is 15.2 Å². The molecule has 28 heavy (non-hydrogen) atoms. The molecular formula is C20H28N6O2. The van der Waals surface area contributed by atoms with E-state index in [1.54, 1.807) is 14.2 Å². The molecule has 2 aromatic rings. The Morgan fingerprint density at radius 2 is 1.86 bits per heavy atom. The Balaban J connectivity index is 1.62. The molecule has 8 nitrogen and oxygen atoms in total. The topological polar surface area (TPSA) is 88.2 Å². The van der Waals surface area contributed by atoms with Gasteiger partial charge in [-0.25, -0.2) is 9.98 Å². The summed E-state index contributed by atoms with van der Waals surface area (Å²) >= 11 is 0. The lowest BCUT2D eigenvalue weighted by molar-refractivity contribution is 0.312. The van der Waals surface area contributed by atoms with E-state index in [0.717, 1.165) is 43.2 Å². The molecule has 3 N–H and O–H groups in total. The van der Waals surface area contributed by atoms with Gasteiger partial charge in [0.25, 0.3) is 0 Å². The van der Waals surface area contributed by atoms with E-state index in [1.807, 2.05) is 30.5 Å². The van der Waals surface area contributed by atoms with Crippen molar-refractivity contribution < 1.29 is 9.47 Å². The van der Waals surface area contributed by atoms with Gasteiger partial charge in [-0.3, -0.25) is 0 Å². The maximum Gasteiger partial charge on any atom is 0.193 e. The molecular weight excluding hydrogens is 356 g/mol. The van der Waals surface area contributed by atoms with Gasteiger partial charge < -0.3 is 30.3 Å². The first-order chi connectivity index (χ1) is 13.6. The summed E-state index contributed by atoms with van der Waals surface area (Å²) in [6.45, 7) is 4.55. The lowest BCUT2D eigenvalue weighted by Crippen LogP contribution is -2.44. The predicted molar refractivity (Wildman–Crippen MR) is 112 cm³/mol. The van der Waals surface area contributed by atoms with Gasteiger partial charge in [0.15, 0.2) is 17.5 Å². The van der Waals surface area contributed by atoms with E-state index in [0.29, 0.717) is 24.0 Å². The smallest absolute Gasteiger partial charge is 0.193 e. The summed E-state index contributed by atoms with van der Waals surface area (Å²) in [6, 6.07) is 9.55. The highest BCUT2D eigenvalue weighted by Crippen LogP contribution is 2.29. The molecule has 0 radical (unpaired) electrons. The molecule has 1 fully saturated rings. The molecule has 1 aliphatic heterocycles. The van der Waals surface area contributed by atoms with Crippen LogP contribution in [0, 0.1) is 0 Å². The number of nitrogens with one attached hydrogen (secondary N) is 1. The largest absolute Gasteiger partial charge is 0.493 e. The van der Waals surface area contributed by atoms with Gasteiger partial charge >= 0.3 is 0 Å². The molecule has 0 atom stereocenters. The van der Waals surface area contributed by atoms with Crippen LogP contribution in [0.3, 0.4) is 0 Å². The number of anilines is 2. The van der Waals surface area contributed by atoms with Crippen LogP contribution in [-0.4, -0.2) is 63.3 Å². The van der Waals surface area contributed by atoms with Gasteiger partial charge in [0.05, 0.1) is 20.8 Å². The van der Waals surface area contributed by atoms with Crippen LogP contribution < -0.4 is 25.4 Å². The summed E-state index contributed by atoms with van der Waals surface area (Å²) in [5.74, 6) is 2.63. The van der Waals surface area contributed by atoms with Crippen molar-refractivity contribution in [3.05, 3.63) is 42.1 Å². The summed E-state index contributed by atoms with van der Waals surface area (Å²) in [5.41, 5.74) is 7.90. The standard InChI is InChI=1S/C20H28N6O2/c1-25-8-10-26(11-9-25)19-12-15(6-7-22-19)14-23-20(21)24-16-4-5-17(27-2)18(13-16)28-3/h4-7,12-13H,8-11,14H2,1-3H3,(H3,21,23,24). The Morgan fingerprint density at radius 3 is 2.57 bits per heavy atom. The minimum Gasteiger partial charge on any atom is -0.493 e. The van der Waals surface area contributed by atoms with Gasteiger partial charge in [0, 0.05) is 44.1 Å². The number of aromatic nitrogens is 1. The average Bonchev–Trinajstić information content (AvgIpc) is 2.73. The number of ether oxygens (including phenoxy) is 2. The lowest BCUT2D eigenvalue weighted by atomic mass is 10.2. The number of benzene rings is 1. The number of likely N-dealkylation sites (N-methyl/N-ethyl adjacent to an activating group) is 1. The third-order valence-corrected chi connectivity index (χ3v) is 4.73. The third kappa shape index (κ3) is 5.04. The van der Waals surface area contributed by atoms with Gasteiger partial charge in [-0.2, -0.15) is 0 Å². The van der Waals surface area contributed by atoms with Crippen molar-refractivity contribution in [3.63, 3.8) is 0 Å². The molecule has 0 spiro atoms. The zero-order chi connectivity index (χ0) is 19.9. The molecule has 1 aromatic carbocycles. The second-order valence-electron chi connectivity index (χ2n) is 6.71. The first kappa shape index (κ1) is 19.8. The number of nitrogens with two attached hydrogens (primary N) is 1. The van der Waals surface area contributed by atoms with Crippen molar-refractivity contribution >= 4 is 17.5 Å². The summed E-state index contributed by atoms with van der Waals surface area (Å²) in [6.07, 6.45) is 1.83. The Morgan fingerprint density at radius 1 is 1.11 bits per heavy atom. The number of rotatable bonds is 6. The van der Waals surface area contributed by atoms with E-state index in [9.17, 15) is 0 Å². The molecule has 8 heteroatoms. The van der Waals surface area contributed by atoms with E-state index in [1.165, 1.54) is 0 Å². The number of aliphatic imine (C=N–C) groups is 1. The van der Waals surface area contributed by atoms with Gasteiger partial charge in [0.2, 0.25) is 0 Å². The normalized spacial score (nSPS) is 15.4. The van der Waals surface area contributed by atoms with Crippen molar-refractivity contribution in [1.82, 2.24) is 9.88 Å². The molecule has 1 aliphatic rings. The number of hydrogen-bond donors (Lipinski definition) is 2. The Bertz CT molecular complexity index is 818. The second kappa shape index (κ2) is 9.27. The van der Waals surface area contributed by atoms with Crippen LogP contribution in [0.2, 0.25) is 0 Å². The molecule has 2 heterocycles. The summed E-state index contributed by atoms with van der Waals surface area (Å²) in [5, 5.41) is 3.08. The summed E-state index contributed by atoms with van der Waals surface area (Å²) < 4.78 is 10.5. The fourth-order valence-electron chi connectivity index (χ4n) is 3.05. The van der Waals surface area contributed by atoms with E-state index in [-0.39, 0.29) is 0 Å². The van der Waals surface area contributed by atoms with Crippen LogP contribution in [0.1, 0.15) is 5.56 Å². The average molecular weight is 384 g/mol. The lowest BCUT2D eigenvalue weighted by Gasteiger charge is -2.33. The van der Waals surface area contributed by atoms with Crippen molar-refractivity contribution in [2.24, 2.45) is 10.7 Å². The number of piperazine rings is 1. The minimum absolute atomic E-state index is 0.338. The molecule has 0 bridgehead atoms. The minimum atomic E-state index is 0.338. The Kier molecular flexibility index (Phi) is 6.54. The van der Waals surface area contributed by atoms with E-state index in [2.05, 4.69) is 38.2 Å². The zero-order valence-corrected chi connectivity index (χ0v) is 16.7. The molecule has 0 saturated carbocycles. The molecule has 0 aliphatic carbocycles. The van der Waals surface area contributed by atoms with Gasteiger partial charge in [-0.15, -0.1) is 0 Å². The number of pyridine rings is 1. The fraction of sp³-hybridized carbons (Fsp3) is 0.400. The maximum atomic E-state index is 6.05. The molecule has 1 aromatic heterocycles. The number of methoxy groups -OCH3 is 2. The van der Waals surface area contributed by atoms with Crippen LogP contribution in [0.4, 0.5) is 11.5 Å². The van der Waals surface area contributed by atoms with Crippen LogP contribution in [-0.2, 0) is 6.54 Å². The first-order valence-corrected chi connectivity index (χ1v) is 9.26. The zero-order valence-electron chi connectivity index (χ0n) is 16.7. The number of hydrogen-bond acceptors (Lipinski definition) is 6. The SMILES string of the molecule is COc1ccc(NC(N)=NCc2ccnc(N3CCN(C)CC3)c2)cc1OC. The monoisotopic (exact) mass is 384 g/mol. The molecule has 150 valence electrons. The van der Waals surface area contributed by atoms with E-state index >= 15 is 0 Å². The highest BCUT2D eigenvalue weighted by Gasteiger charge is 2.15. The maximum absolute atomic E-state index is 6.05. The predicted octanol–water partition coefficient (Wildman–Crippen LogP) is 1.78. The first-order valence-electron chi connectivity index (χ1n) is 9.26. The van der Waals surface area contributed by atoms with Crippen molar-refractivity contribution in [2.45, 2.75) is 6.54 Å². The van der Waals surface area contributed by atoms with E-state index < -0.39 is 0 Å². The van der Waals surface area contributed by atoms with Gasteiger partial charge in [-0.1, -0.05) is 0 Å². The summed E-state index contributed by atoms with van der Waals surface area (Å²) in [7, 11) is 5.34. The molecule has 0 amide bonds. The fourth-order valence-corrected chi connectivity index (χ4v) is 3.05. The van der Waals surface area contributed by atoms with Crippen molar-refractivity contribution in [2.75, 3.05) is 57.7 Å². The highest BCUT2D eigenvalue weighted by atomic mass is 16.5. The third-order valence-electron chi connectivity index (χ3n) is 4.73. The number of nitrogens with zero attached hydrogens (tertiary/aromatic N) is 4. The van der Waals surface area contributed by atoms with Crippen molar-refractivity contribution in [1.29, 1.82) is 0 Å². The van der Waals surface area contributed by atoms with Crippen LogP contribution in [0.25, 0.3) is 0 Å². The van der Waals surface area contributed by atoms with Crippen molar-refractivity contribution in [3.8, 4) is 11.5 Å².